The van der Waals surface area contributed by atoms with Crippen molar-refractivity contribution in [2.45, 2.75) is 20.8 Å². The maximum atomic E-state index is 11.1. The van der Waals surface area contributed by atoms with E-state index in [1.54, 1.807) is 0 Å². The van der Waals surface area contributed by atoms with E-state index in [2.05, 4.69) is 0 Å². The molecular formula is C12H10Cl2O6. The van der Waals surface area contributed by atoms with Gasteiger partial charge in [0.05, 0.1) is 5.02 Å². The molecule has 0 heterocycles. The number of halogens is 2. The molecule has 108 valence electrons. The van der Waals surface area contributed by atoms with Crippen LogP contribution in [0.15, 0.2) is 6.07 Å². The number of benzene rings is 1. The Balaban J connectivity index is 3.49. The summed E-state index contributed by atoms with van der Waals surface area (Å²) < 4.78 is 14.6. The van der Waals surface area contributed by atoms with Crippen LogP contribution in [-0.2, 0) is 14.4 Å². The first-order valence-electron chi connectivity index (χ1n) is 5.29. The molecule has 1 aromatic rings. The van der Waals surface area contributed by atoms with Gasteiger partial charge in [-0.05, 0) is 0 Å². The van der Waals surface area contributed by atoms with Crippen LogP contribution in [-0.4, -0.2) is 17.9 Å². The molecule has 0 N–H and O–H groups in total. The fourth-order valence-corrected chi connectivity index (χ4v) is 1.63. The quantitative estimate of drug-likeness (QED) is 0.629. The molecule has 0 atom stereocenters. The number of rotatable bonds is 3. The van der Waals surface area contributed by atoms with E-state index < -0.39 is 17.9 Å². The number of hydrogen-bond donors (Lipinski definition) is 0. The van der Waals surface area contributed by atoms with Gasteiger partial charge in [-0.3, -0.25) is 14.4 Å². The molecular weight excluding hydrogens is 311 g/mol. The highest BCUT2D eigenvalue weighted by Crippen LogP contribution is 2.47. The molecule has 0 unspecified atom stereocenters. The van der Waals surface area contributed by atoms with Gasteiger partial charge in [-0.25, -0.2) is 0 Å². The standard InChI is InChI=1S/C12H10Cl2O6/c1-5(15)18-9-4-8(13)10(14)12(20-7(3)17)11(9)19-6(2)16/h4H,1-3H3. The van der Waals surface area contributed by atoms with Crippen LogP contribution in [0.5, 0.6) is 17.2 Å². The van der Waals surface area contributed by atoms with E-state index in [-0.39, 0.29) is 27.3 Å². The number of hydrogen-bond acceptors (Lipinski definition) is 6. The van der Waals surface area contributed by atoms with Crippen molar-refractivity contribution in [2.75, 3.05) is 0 Å². The minimum Gasteiger partial charge on any atom is -0.423 e. The highest BCUT2D eigenvalue weighted by Gasteiger charge is 2.24. The molecule has 0 saturated carbocycles. The van der Waals surface area contributed by atoms with Gasteiger partial charge in [-0.2, -0.15) is 0 Å². The molecule has 0 saturated heterocycles. The van der Waals surface area contributed by atoms with E-state index in [0.717, 1.165) is 20.8 Å². The molecule has 0 aliphatic rings. The third-order valence-electron chi connectivity index (χ3n) is 1.84. The average Bonchev–Trinajstić information content (AvgIpc) is 2.28. The Bertz CT molecular complexity index is 582. The van der Waals surface area contributed by atoms with Crippen LogP contribution in [0, 0.1) is 0 Å². The van der Waals surface area contributed by atoms with Crippen molar-refractivity contribution in [1.82, 2.24) is 0 Å². The largest absolute Gasteiger partial charge is 0.423 e. The molecule has 0 aliphatic heterocycles. The number of carbonyl (C=O) groups is 3. The highest BCUT2D eigenvalue weighted by atomic mass is 35.5. The molecule has 0 aliphatic carbocycles. The second-order valence-electron chi connectivity index (χ2n) is 3.61. The van der Waals surface area contributed by atoms with Gasteiger partial charge in [0.1, 0.15) is 5.02 Å². The van der Waals surface area contributed by atoms with Crippen molar-refractivity contribution < 1.29 is 28.6 Å². The summed E-state index contributed by atoms with van der Waals surface area (Å²) in [6, 6.07) is 1.18. The SMILES string of the molecule is CC(=O)Oc1cc(Cl)c(Cl)c(OC(C)=O)c1OC(C)=O. The summed E-state index contributed by atoms with van der Waals surface area (Å²) in [5.74, 6) is -2.87. The second kappa shape index (κ2) is 6.58. The molecule has 1 aromatic carbocycles. The van der Waals surface area contributed by atoms with Crippen molar-refractivity contribution in [3.63, 3.8) is 0 Å². The van der Waals surface area contributed by atoms with Crippen molar-refractivity contribution in [2.24, 2.45) is 0 Å². The lowest BCUT2D eigenvalue weighted by atomic mass is 10.3. The highest BCUT2D eigenvalue weighted by molar-refractivity contribution is 6.43. The smallest absolute Gasteiger partial charge is 0.308 e. The molecule has 0 fully saturated rings. The van der Waals surface area contributed by atoms with Crippen LogP contribution >= 0.6 is 23.2 Å². The van der Waals surface area contributed by atoms with Crippen LogP contribution in [0.4, 0.5) is 0 Å². The van der Waals surface area contributed by atoms with E-state index in [9.17, 15) is 14.4 Å². The van der Waals surface area contributed by atoms with Crippen LogP contribution in [0.2, 0.25) is 10.0 Å². The van der Waals surface area contributed by atoms with Crippen LogP contribution in [0.1, 0.15) is 20.8 Å². The molecule has 0 spiro atoms. The van der Waals surface area contributed by atoms with E-state index >= 15 is 0 Å². The lowest BCUT2D eigenvalue weighted by Crippen LogP contribution is -2.11. The first-order chi connectivity index (χ1) is 9.22. The first kappa shape index (κ1) is 16.3. The van der Waals surface area contributed by atoms with Crippen LogP contribution in [0.3, 0.4) is 0 Å². The zero-order valence-electron chi connectivity index (χ0n) is 10.8. The maximum Gasteiger partial charge on any atom is 0.308 e. The summed E-state index contributed by atoms with van der Waals surface area (Å²) in [6.07, 6.45) is 0. The van der Waals surface area contributed by atoms with E-state index in [4.69, 9.17) is 37.4 Å². The minimum atomic E-state index is -0.717. The Morgan fingerprint density at radius 2 is 1.30 bits per heavy atom. The number of carbonyl (C=O) groups excluding carboxylic acids is 3. The van der Waals surface area contributed by atoms with Gasteiger partial charge in [0.25, 0.3) is 0 Å². The average molecular weight is 321 g/mol. The third kappa shape index (κ3) is 4.11. The van der Waals surface area contributed by atoms with Gasteiger partial charge < -0.3 is 14.2 Å². The van der Waals surface area contributed by atoms with Gasteiger partial charge >= 0.3 is 17.9 Å². The fraction of sp³-hybridized carbons (Fsp3) is 0.250. The van der Waals surface area contributed by atoms with Crippen LogP contribution in [0.25, 0.3) is 0 Å². The zero-order chi connectivity index (χ0) is 15.4. The Labute approximate surface area is 124 Å². The van der Waals surface area contributed by atoms with Crippen molar-refractivity contribution in [3.8, 4) is 17.2 Å². The van der Waals surface area contributed by atoms with E-state index in [1.165, 1.54) is 6.07 Å². The summed E-state index contributed by atoms with van der Waals surface area (Å²) in [4.78, 5) is 33.2. The number of ether oxygens (including phenoxy) is 3. The van der Waals surface area contributed by atoms with Crippen molar-refractivity contribution >= 4 is 41.1 Å². The minimum absolute atomic E-state index is 0.0323. The summed E-state index contributed by atoms with van der Waals surface area (Å²) in [6.45, 7) is 3.39. The lowest BCUT2D eigenvalue weighted by Gasteiger charge is -2.15. The monoisotopic (exact) mass is 320 g/mol. The Kier molecular flexibility index (Phi) is 5.35. The first-order valence-corrected chi connectivity index (χ1v) is 6.05. The number of esters is 3. The Morgan fingerprint density at radius 1 is 0.850 bits per heavy atom. The molecule has 0 aromatic heterocycles. The predicted molar refractivity (Wildman–Crippen MR) is 70.4 cm³/mol. The normalized spacial score (nSPS) is 9.85. The van der Waals surface area contributed by atoms with Gasteiger partial charge in [0.15, 0.2) is 11.5 Å². The summed E-state index contributed by atoms with van der Waals surface area (Å²) >= 11 is 11.7. The van der Waals surface area contributed by atoms with Gasteiger partial charge in [0, 0.05) is 26.8 Å². The van der Waals surface area contributed by atoms with Crippen molar-refractivity contribution in [3.05, 3.63) is 16.1 Å². The fourth-order valence-electron chi connectivity index (χ4n) is 1.27. The summed E-state index contributed by atoms with van der Waals surface area (Å²) in [5.41, 5.74) is 0. The molecule has 0 amide bonds. The third-order valence-corrected chi connectivity index (χ3v) is 2.61. The molecule has 0 bridgehead atoms. The van der Waals surface area contributed by atoms with Crippen LogP contribution < -0.4 is 14.2 Å². The van der Waals surface area contributed by atoms with Gasteiger partial charge in [-0.1, -0.05) is 23.2 Å². The topological polar surface area (TPSA) is 78.9 Å². The maximum absolute atomic E-state index is 11.1. The van der Waals surface area contributed by atoms with Gasteiger partial charge in [-0.15, -0.1) is 0 Å². The zero-order valence-corrected chi connectivity index (χ0v) is 12.3. The predicted octanol–water partition coefficient (Wildman–Crippen LogP) is 2.77. The Morgan fingerprint density at radius 3 is 1.75 bits per heavy atom. The lowest BCUT2D eigenvalue weighted by molar-refractivity contribution is -0.135. The van der Waals surface area contributed by atoms with Crippen molar-refractivity contribution in [1.29, 1.82) is 0 Å². The molecule has 20 heavy (non-hydrogen) atoms. The Hall–Kier alpha value is -1.79. The summed E-state index contributed by atoms with van der Waals surface area (Å²) in [7, 11) is 0. The molecule has 8 heteroatoms. The molecule has 6 nitrogen and oxygen atoms in total. The molecule has 0 radical (unpaired) electrons. The summed E-state index contributed by atoms with van der Waals surface area (Å²) in [5, 5.41) is -0.177. The van der Waals surface area contributed by atoms with Gasteiger partial charge in [0.2, 0.25) is 5.75 Å². The van der Waals surface area contributed by atoms with E-state index in [0.29, 0.717) is 0 Å². The molecule has 1 rings (SSSR count). The second-order valence-corrected chi connectivity index (χ2v) is 4.39. The van der Waals surface area contributed by atoms with E-state index in [1.807, 2.05) is 0 Å².